The molecule has 0 saturated heterocycles. The highest BCUT2D eigenvalue weighted by Crippen LogP contribution is 1.42. The van der Waals surface area contributed by atoms with Gasteiger partial charge in [-0.15, -0.1) is 11.6 Å². The van der Waals surface area contributed by atoms with Gasteiger partial charge < -0.3 is 5.11 Å². The van der Waals surface area contributed by atoms with E-state index in [-0.39, 0.29) is 0 Å². The largest absolute Gasteiger partial charge is 0.481 e. The first kappa shape index (κ1) is 10.1. The molecule has 0 aromatic rings. The second-order valence-electron chi connectivity index (χ2n) is 1.23. The zero-order chi connectivity index (χ0) is 6.28. The van der Waals surface area contributed by atoms with Crippen molar-refractivity contribution in [3.05, 3.63) is 0 Å². The van der Waals surface area contributed by atoms with Crippen molar-refractivity contribution in [1.82, 2.24) is 0 Å². The first-order valence-electron chi connectivity index (χ1n) is 2.34. The predicted octanol–water partition coefficient (Wildman–Crippen LogP) is 0.610. The third-order valence-corrected chi connectivity index (χ3v) is 0. The van der Waals surface area contributed by atoms with E-state index in [1.165, 1.54) is 0 Å². The summed E-state index contributed by atoms with van der Waals surface area (Å²) in [4.78, 5) is 9.00. The van der Waals surface area contributed by atoms with Crippen LogP contribution < -0.4 is 0 Å². The molecule has 42 valence electrons. The average Bonchev–Trinajstić information content (AvgIpc) is 1.33. The van der Waals surface area contributed by atoms with Crippen molar-refractivity contribution < 1.29 is 9.90 Å². The monoisotopic (exact) mass is 118 g/mol. The van der Waals surface area contributed by atoms with Crippen molar-refractivity contribution in [2.45, 2.75) is 18.5 Å². The van der Waals surface area contributed by atoms with Gasteiger partial charge in [0.25, 0.3) is 5.97 Å². The van der Waals surface area contributed by atoms with Gasteiger partial charge >= 0.3 is 0 Å². The van der Waals surface area contributed by atoms with Crippen LogP contribution in [0.5, 0.6) is 0 Å². The minimum absolute atomic E-state index is 0.417. The van der Waals surface area contributed by atoms with Crippen molar-refractivity contribution in [3.8, 4) is 0 Å². The minimum atomic E-state index is -0.833. The van der Waals surface area contributed by atoms with E-state index in [4.69, 9.17) is 9.90 Å². The van der Waals surface area contributed by atoms with Crippen molar-refractivity contribution in [1.29, 1.82) is 0 Å². The standard InChI is InChI=1S/C2H4O2.2CH3.Al.H/c1-2(3)4;;;;/h1H3,(H,3,4);2*1H3;;. The minimum Gasteiger partial charge on any atom is -0.481 e. The Bertz CT molecular complexity index is 41.0. The van der Waals surface area contributed by atoms with Gasteiger partial charge in [0.2, 0.25) is 15.2 Å². The summed E-state index contributed by atoms with van der Waals surface area (Å²) in [5, 5.41) is 7.42. The summed E-state index contributed by atoms with van der Waals surface area (Å²) in [5.74, 6) is 3.69. The van der Waals surface area contributed by atoms with E-state index in [0.717, 1.165) is 6.92 Å². The summed E-state index contributed by atoms with van der Waals surface area (Å²) >= 11 is 0.417. The molecule has 1 N–H and O–H groups in total. The fraction of sp³-hybridized carbons (Fsp3) is 0.750. The number of hydrogen-bond acceptors (Lipinski definition) is 1. The number of hydrogen-bond donors (Lipinski definition) is 1. The Hall–Kier alpha value is 0.00247. The Morgan fingerprint density at radius 1 is 1.57 bits per heavy atom. The summed E-state index contributed by atoms with van der Waals surface area (Å²) in [5.41, 5.74) is 0. The third kappa shape index (κ3) is 15800000. The molecular weight excluding hydrogens is 107 g/mol. The van der Waals surface area contributed by atoms with Crippen LogP contribution in [0.3, 0.4) is 0 Å². The SMILES string of the molecule is CC(=O)O.[CH3][AlH][CH3]. The molecule has 0 bridgehead atoms. The smallest absolute Gasteiger partial charge is 0.300 e. The predicted molar refractivity (Wildman–Crippen MR) is 32.2 cm³/mol. The van der Waals surface area contributed by atoms with Crippen LogP contribution in [0.25, 0.3) is 0 Å². The molecule has 0 unspecified atom stereocenters. The maximum Gasteiger partial charge on any atom is 0.300 e. The van der Waals surface area contributed by atoms with Crippen LogP contribution in [0.2, 0.25) is 11.6 Å². The van der Waals surface area contributed by atoms with E-state index in [9.17, 15) is 0 Å². The molecule has 0 spiro atoms. The van der Waals surface area contributed by atoms with Crippen LogP contribution >= 0.6 is 0 Å². The Morgan fingerprint density at radius 3 is 1.57 bits per heavy atom. The van der Waals surface area contributed by atoms with Crippen LogP contribution in [-0.2, 0) is 4.79 Å². The maximum absolute atomic E-state index is 9.00. The molecule has 7 heavy (non-hydrogen) atoms. The highest BCUT2D eigenvalue weighted by molar-refractivity contribution is 6.31. The van der Waals surface area contributed by atoms with E-state index in [0.29, 0.717) is 15.2 Å². The Balaban J connectivity index is 0. The lowest BCUT2D eigenvalue weighted by Crippen LogP contribution is -1.78. The fourth-order valence-electron chi connectivity index (χ4n) is 0. The molecular formula is C4H11AlO2. The van der Waals surface area contributed by atoms with Gasteiger partial charge in [0, 0.05) is 6.92 Å². The van der Waals surface area contributed by atoms with Crippen LogP contribution in [0.4, 0.5) is 0 Å². The normalized spacial score (nSPS) is 5.57. The van der Waals surface area contributed by atoms with E-state index in [2.05, 4.69) is 11.6 Å². The van der Waals surface area contributed by atoms with Crippen LogP contribution in [0.15, 0.2) is 0 Å². The van der Waals surface area contributed by atoms with Crippen molar-refractivity contribution in [3.63, 3.8) is 0 Å². The van der Waals surface area contributed by atoms with Gasteiger partial charge in [0.15, 0.2) is 0 Å². The van der Waals surface area contributed by atoms with Gasteiger partial charge in [0.05, 0.1) is 0 Å². The number of aliphatic carboxylic acids is 1. The Kier molecular flexibility index (Phi) is 13.5. The van der Waals surface area contributed by atoms with Crippen molar-refractivity contribution in [2.75, 3.05) is 0 Å². The Morgan fingerprint density at radius 2 is 1.57 bits per heavy atom. The molecule has 0 aliphatic carbocycles. The third-order valence-electron chi connectivity index (χ3n) is 0. The first-order valence-corrected chi connectivity index (χ1v) is 5.17. The molecule has 2 nitrogen and oxygen atoms in total. The molecule has 0 heterocycles. The molecule has 0 aliphatic heterocycles. The lowest BCUT2D eigenvalue weighted by Gasteiger charge is -1.59. The maximum atomic E-state index is 9.00. The lowest BCUT2D eigenvalue weighted by atomic mass is 10.9. The van der Waals surface area contributed by atoms with Crippen molar-refractivity contribution >= 4 is 21.2 Å². The fourth-order valence-corrected chi connectivity index (χ4v) is 0. The molecule has 0 saturated carbocycles. The molecule has 0 fully saturated rings. The molecule has 0 amide bonds. The second-order valence-corrected chi connectivity index (χ2v) is 2.64. The summed E-state index contributed by atoms with van der Waals surface area (Å²) in [6.45, 7) is 1.08. The van der Waals surface area contributed by atoms with Gasteiger partial charge in [0.1, 0.15) is 0 Å². The number of carboxylic acids is 1. The molecule has 0 aliphatic rings. The van der Waals surface area contributed by atoms with E-state index in [1.807, 2.05) is 0 Å². The average molecular weight is 118 g/mol. The molecule has 0 atom stereocenters. The molecule has 0 rings (SSSR count). The molecule has 0 aromatic heterocycles. The van der Waals surface area contributed by atoms with Crippen LogP contribution in [0.1, 0.15) is 6.92 Å². The summed E-state index contributed by atoms with van der Waals surface area (Å²) in [7, 11) is 0. The zero-order valence-electron chi connectivity index (χ0n) is 5.06. The quantitative estimate of drug-likeness (QED) is 0.473. The van der Waals surface area contributed by atoms with Gasteiger partial charge in [-0.2, -0.15) is 0 Å². The molecule has 0 radical (unpaired) electrons. The van der Waals surface area contributed by atoms with E-state index >= 15 is 0 Å². The van der Waals surface area contributed by atoms with Gasteiger partial charge in [-0.3, -0.25) is 4.79 Å². The molecule has 3 heteroatoms. The van der Waals surface area contributed by atoms with E-state index < -0.39 is 5.97 Å². The van der Waals surface area contributed by atoms with Crippen LogP contribution in [-0.4, -0.2) is 26.3 Å². The van der Waals surface area contributed by atoms with Gasteiger partial charge in [-0.05, 0) is 0 Å². The van der Waals surface area contributed by atoms with Crippen molar-refractivity contribution in [2.24, 2.45) is 0 Å². The number of carboxylic acid groups (broad SMARTS) is 1. The number of carbonyl (C=O) groups is 1. The lowest BCUT2D eigenvalue weighted by molar-refractivity contribution is -0.134. The Labute approximate surface area is 50.3 Å². The zero-order valence-corrected chi connectivity index (χ0v) is 6.48. The summed E-state index contributed by atoms with van der Waals surface area (Å²) < 4.78 is 0. The van der Waals surface area contributed by atoms with Crippen LogP contribution in [0, 0.1) is 0 Å². The summed E-state index contributed by atoms with van der Waals surface area (Å²) in [6.07, 6.45) is 0. The highest BCUT2D eigenvalue weighted by Gasteiger charge is 1.65. The summed E-state index contributed by atoms with van der Waals surface area (Å²) in [6, 6.07) is 0. The van der Waals surface area contributed by atoms with E-state index in [1.54, 1.807) is 0 Å². The van der Waals surface area contributed by atoms with Gasteiger partial charge in [-0.1, -0.05) is 0 Å². The molecule has 0 aromatic carbocycles. The van der Waals surface area contributed by atoms with Gasteiger partial charge in [-0.25, -0.2) is 0 Å². The topological polar surface area (TPSA) is 37.3 Å². The first-order chi connectivity index (χ1) is 3.15. The number of rotatable bonds is 0. The second kappa shape index (κ2) is 9.38. The highest BCUT2D eigenvalue weighted by atomic mass is 27.1.